The maximum absolute atomic E-state index is 11.8. The van der Waals surface area contributed by atoms with Gasteiger partial charge in [0.2, 0.25) is 5.78 Å². The number of Topliss-reactive ketones (excluding diaryl/α,β-unsaturated/α-hetero) is 1. The summed E-state index contributed by atoms with van der Waals surface area (Å²) in [7, 11) is 0. The van der Waals surface area contributed by atoms with Gasteiger partial charge < -0.3 is 9.15 Å². The predicted octanol–water partition coefficient (Wildman–Crippen LogP) is 4.35. The van der Waals surface area contributed by atoms with Gasteiger partial charge in [-0.15, -0.1) is 0 Å². The summed E-state index contributed by atoms with van der Waals surface area (Å²) in [6.45, 7) is -0.0703. The zero-order valence-electron chi connectivity index (χ0n) is 10.5. The first kappa shape index (κ1) is 12.8. The van der Waals surface area contributed by atoms with E-state index in [4.69, 9.17) is 20.8 Å². The van der Waals surface area contributed by atoms with Crippen molar-refractivity contribution < 1.29 is 13.9 Å². The summed E-state index contributed by atoms with van der Waals surface area (Å²) in [5.74, 6) is 0.724. The van der Waals surface area contributed by atoms with Crippen molar-refractivity contribution in [2.45, 2.75) is 0 Å². The monoisotopic (exact) mass is 286 g/mol. The molecule has 20 heavy (non-hydrogen) atoms. The van der Waals surface area contributed by atoms with Crippen molar-refractivity contribution in [3.63, 3.8) is 0 Å². The summed E-state index contributed by atoms with van der Waals surface area (Å²) >= 11 is 6.14. The van der Waals surface area contributed by atoms with E-state index in [-0.39, 0.29) is 12.4 Å². The van der Waals surface area contributed by atoms with E-state index < -0.39 is 0 Å². The second-order valence-corrected chi connectivity index (χ2v) is 4.69. The van der Waals surface area contributed by atoms with E-state index in [1.807, 2.05) is 24.3 Å². The largest absolute Gasteiger partial charge is 0.485 e. The maximum Gasteiger partial charge on any atom is 0.235 e. The predicted molar refractivity (Wildman–Crippen MR) is 77.5 cm³/mol. The highest BCUT2D eigenvalue weighted by molar-refractivity contribution is 6.35. The molecule has 0 aliphatic carbocycles. The normalized spacial score (nSPS) is 10.7. The molecule has 0 unspecified atom stereocenters. The summed E-state index contributed by atoms with van der Waals surface area (Å²) in [6.07, 6.45) is 1.46. The van der Waals surface area contributed by atoms with Crippen molar-refractivity contribution in [2.75, 3.05) is 6.61 Å². The Morgan fingerprint density at radius 3 is 2.60 bits per heavy atom. The van der Waals surface area contributed by atoms with Crippen molar-refractivity contribution in [1.29, 1.82) is 0 Å². The highest BCUT2D eigenvalue weighted by Crippen LogP contribution is 2.31. The number of ketones is 1. The Labute approximate surface area is 120 Å². The summed E-state index contributed by atoms with van der Waals surface area (Å²) in [5.41, 5.74) is 0. The number of benzene rings is 2. The number of carbonyl (C=O) groups is 1. The van der Waals surface area contributed by atoms with Crippen LogP contribution < -0.4 is 4.74 Å². The van der Waals surface area contributed by atoms with Gasteiger partial charge in [-0.3, -0.25) is 4.79 Å². The third-order valence-electron chi connectivity index (χ3n) is 2.99. The minimum atomic E-state index is -0.200. The number of fused-ring (bicyclic) bond motifs is 1. The summed E-state index contributed by atoms with van der Waals surface area (Å²) < 4.78 is 10.6. The molecule has 0 spiro atoms. The maximum atomic E-state index is 11.8. The topological polar surface area (TPSA) is 39.4 Å². The van der Waals surface area contributed by atoms with Gasteiger partial charge >= 0.3 is 0 Å². The Morgan fingerprint density at radius 2 is 1.85 bits per heavy atom. The van der Waals surface area contributed by atoms with E-state index in [0.29, 0.717) is 16.5 Å². The molecule has 0 atom stereocenters. The molecule has 3 aromatic rings. The molecule has 4 heteroatoms. The van der Waals surface area contributed by atoms with Crippen LogP contribution in [0.3, 0.4) is 0 Å². The molecule has 100 valence electrons. The second kappa shape index (κ2) is 5.39. The standard InChI is InChI=1S/C16H11ClO3/c17-13-7-8-15(12-5-2-1-4-11(12)13)20-10-14(18)16-6-3-9-19-16/h1-9H,10H2. The molecule has 0 saturated heterocycles. The number of halogens is 1. The number of furan rings is 1. The Hall–Kier alpha value is -2.26. The number of rotatable bonds is 4. The molecule has 1 heterocycles. The van der Waals surface area contributed by atoms with Gasteiger partial charge in [-0.2, -0.15) is 0 Å². The Morgan fingerprint density at radius 1 is 1.05 bits per heavy atom. The first-order valence-corrected chi connectivity index (χ1v) is 6.50. The minimum Gasteiger partial charge on any atom is -0.485 e. The zero-order valence-corrected chi connectivity index (χ0v) is 11.3. The first-order valence-electron chi connectivity index (χ1n) is 6.12. The molecular formula is C16H11ClO3. The lowest BCUT2D eigenvalue weighted by atomic mass is 10.1. The second-order valence-electron chi connectivity index (χ2n) is 4.28. The van der Waals surface area contributed by atoms with Gasteiger partial charge in [-0.05, 0) is 24.3 Å². The van der Waals surface area contributed by atoms with Crippen LogP contribution in [-0.4, -0.2) is 12.4 Å². The van der Waals surface area contributed by atoms with Crippen LogP contribution in [0.2, 0.25) is 5.02 Å². The van der Waals surface area contributed by atoms with Crippen molar-refractivity contribution in [3.05, 3.63) is 65.6 Å². The van der Waals surface area contributed by atoms with Gasteiger partial charge in [0.15, 0.2) is 12.4 Å². The van der Waals surface area contributed by atoms with E-state index in [2.05, 4.69) is 0 Å². The molecule has 0 radical (unpaired) electrons. The van der Waals surface area contributed by atoms with Gasteiger partial charge in [-0.25, -0.2) is 0 Å². The lowest BCUT2D eigenvalue weighted by Gasteiger charge is -2.09. The van der Waals surface area contributed by atoms with Gasteiger partial charge in [-0.1, -0.05) is 35.9 Å². The van der Waals surface area contributed by atoms with Crippen molar-refractivity contribution in [3.8, 4) is 5.75 Å². The van der Waals surface area contributed by atoms with Gasteiger partial charge in [0.05, 0.1) is 6.26 Å². The van der Waals surface area contributed by atoms with Crippen LogP contribution in [-0.2, 0) is 0 Å². The van der Waals surface area contributed by atoms with E-state index in [1.165, 1.54) is 6.26 Å². The van der Waals surface area contributed by atoms with Crippen LogP contribution in [0.1, 0.15) is 10.6 Å². The zero-order chi connectivity index (χ0) is 13.9. The summed E-state index contributed by atoms with van der Waals surface area (Å²) in [6, 6.07) is 14.5. The molecule has 3 nitrogen and oxygen atoms in total. The van der Waals surface area contributed by atoms with Crippen molar-refractivity contribution in [2.24, 2.45) is 0 Å². The van der Waals surface area contributed by atoms with Crippen molar-refractivity contribution >= 4 is 28.2 Å². The lowest BCUT2D eigenvalue weighted by molar-refractivity contribution is 0.0895. The number of hydrogen-bond donors (Lipinski definition) is 0. The SMILES string of the molecule is O=C(COc1ccc(Cl)c2ccccc12)c1ccco1. The van der Waals surface area contributed by atoms with Crippen molar-refractivity contribution in [1.82, 2.24) is 0 Å². The lowest BCUT2D eigenvalue weighted by Crippen LogP contribution is -2.10. The fourth-order valence-corrected chi connectivity index (χ4v) is 2.24. The molecule has 0 aliphatic rings. The summed E-state index contributed by atoms with van der Waals surface area (Å²) in [4.78, 5) is 11.8. The van der Waals surface area contributed by atoms with Gasteiger partial charge in [0.1, 0.15) is 5.75 Å². The molecule has 0 amide bonds. The highest BCUT2D eigenvalue weighted by atomic mass is 35.5. The highest BCUT2D eigenvalue weighted by Gasteiger charge is 2.11. The fourth-order valence-electron chi connectivity index (χ4n) is 2.01. The van der Waals surface area contributed by atoms with Crippen LogP contribution >= 0.6 is 11.6 Å². The Bertz CT molecular complexity index is 748. The van der Waals surface area contributed by atoms with Gasteiger partial charge in [0, 0.05) is 15.8 Å². The molecule has 0 aliphatic heterocycles. The number of carbonyl (C=O) groups excluding carboxylic acids is 1. The molecular weight excluding hydrogens is 276 g/mol. The summed E-state index contributed by atoms with van der Waals surface area (Å²) in [5, 5.41) is 2.44. The third kappa shape index (κ3) is 2.40. The quantitative estimate of drug-likeness (QED) is 0.669. The third-order valence-corrected chi connectivity index (χ3v) is 3.32. The van der Waals surface area contributed by atoms with E-state index in [0.717, 1.165) is 10.8 Å². The molecule has 0 bridgehead atoms. The molecule has 2 aromatic carbocycles. The molecule has 0 N–H and O–H groups in total. The smallest absolute Gasteiger partial charge is 0.235 e. The molecule has 0 fully saturated rings. The van der Waals surface area contributed by atoms with Crippen LogP contribution in [0.25, 0.3) is 10.8 Å². The molecule has 3 rings (SSSR count). The van der Waals surface area contributed by atoms with Crippen LogP contribution in [0.4, 0.5) is 0 Å². The average Bonchev–Trinajstić information content (AvgIpc) is 3.01. The van der Waals surface area contributed by atoms with Crippen LogP contribution in [0.15, 0.2) is 59.2 Å². The fraction of sp³-hybridized carbons (Fsp3) is 0.0625. The van der Waals surface area contributed by atoms with Crippen LogP contribution in [0.5, 0.6) is 5.75 Å². The number of hydrogen-bond acceptors (Lipinski definition) is 3. The van der Waals surface area contributed by atoms with E-state index in [1.54, 1.807) is 24.3 Å². The number of ether oxygens (including phenoxy) is 1. The average molecular weight is 287 g/mol. The molecule has 1 aromatic heterocycles. The first-order chi connectivity index (χ1) is 9.75. The van der Waals surface area contributed by atoms with E-state index >= 15 is 0 Å². The molecule has 0 saturated carbocycles. The Balaban J connectivity index is 1.85. The minimum absolute atomic E-state index is 0.0703. The van der Waals surface area contributed by atoms with E-state index in [9.17, 15) is 4.79 Å². The van der Waals surface area contributed by atoms with Crippen LogP contribution in [0, 0.1) is 0 Å². The Kier molecular flexibility index (Phi) is 3.44. The van der Waals surface area contributed by atoms with Gasteiger partial charge in [0.25, 0.3) is 0 Å².